The molecule has 0 saturated carbocycles. The molecule has 0 fully saturated rings. The maximum absolute atomic E-state index is 13.6. The SMILES string of the molecule is CC(C)C(NC(=O)C(CO)NC(=O)C(CC(N)=O)NC(=O)C(Cc1ccc2ccccc2c1)NC(=O)C(N)CC(=O)O)C(=O)NCC(N)=O. The third-order valence-corrected chi connectivity index (χ3v) is 7.16. The van der Waals surface area contributed by atoms with Crippen molar-refractivity contribution in [3.8, 4) is 0 Å². The molecule has 0 aliphatic heterocycles. The molecule has 0 saturated heterocycles. The molecule has 0 aliphatic carbocycles. The van der Waals surface area contributed by atoms with Crippen LogP contribution in [0.2, 0.25) is 0 Å². The number of fused-ring (bicyclic) bond motifs is 1. The highest BCUT2D eigenvalue weighted by atomic mass is 16.4. The first-order valence-corrected chi connectivity index (χ1v) is 15.1. The second-order valence-electron chi connectivity index (χ2n) is 11.5. The van der Waals surface area contributed by atoms with Gasteiger partial charge in [0.15, 0.2) is 0 Å². The number of nitrogens with one attached hydrogen (secondary N) is 5. The van der Waals surface area contributed by atoms with E-state index in [4.69, 9.17) is 22.3 Å². The smallest absolute Gasteiger partial charge is 0.305 e. The van der Waals surface area contributed by atoms with Gasteiger partial charge in [-0.05, 0) is 22.3 Å². The Morgan fingerprint density at radius 3 is 1.84 bits per heavy atom. The fourth-order valence-electron chi connectivity index (χ4n) is 4.59. The van der Waals surface area contributed by atoms with Gasteiger partial charge in [0.25, 0.3) is 0 Å². The zero-order chi connectivity index (χ0) is 36.8. The summed E-state index contributed by atoms with van der Waals surface area (Å²) in [6.07, 6.45) is -1.65. The molecule has 0 spiro atoms. The third-order valence-electron chi connectivity index (χ3n) is 7.16. The van der Waals surface area contributed by atoms with Crippen LogP contribution < -0.4 is 43.8 Å². The van der Waals surface area contributed by atoms with Crippen LogP contribution in [0.25, 0.3) is 10.8 Å². The molecule has 0 aliphatic rings. The monoisotopic (exact) mass is 686 g/mol. The summed E-state index contributed by atoms with van der Waals surface area (Å²) in [6, 6.07) is 5.03. The number of aliphatic carboxylic acids is 1. The van der Waals surface area contributed by atoms with Crippen LogP contribution in [-0.4, -0.2) is 101 Å². The van der Waals surface area contributed by atoms with Crippen LogP contribution in [0.3, 0.4) is 0 Å². The second kappa shape index (κ2) is 18.6. The minimum atomic E-state index is -1.71. The van der Waals surface area contributed by atoms with Gasteiger partial charge in [-0.15, -0.1) is 0 Å². The molecule has 0 aromatic heterocycles. The number of benzene rings is 2. The van der Waals surface area contributed by atoms with Crippen molar-refractivity contribution in [3.05, 3.63) is 48.0 Å². The van der Waals surface area contributed by atoms with Crippen molar-refractivity contribution < 1.29 is 48.6 Å². The van der Waals surface area contributed by atoms with Gasteiger partial charge in [0.05, 0.1) is 32.0 Å². The maximum atomic E-state index is 13.6. The number of primary amides is 2. The molecule has 2 aromatic carbocycles. The fourth-order valence-corrected chi connectivity index (χ4v) is 4.59. The van der Waals surface area contributed by atoms with Gasteiger partial charge in [0.2, 0.25) is 41.4 Å². The molecule has 2 rings (SSSR count). The Morgan fingerprint density at radius 1 is 0.694 bits per heavy atom. The highest BCUT2D eigenvalue weighted by molar-refractivity contribution is 5.98. The molecule has 5 atom stereocenters. The summed E-state index contributed by atoms with van der Waals surface area (Å²) in [7, 11) is 0. The molecule has 266 valence electrons. The van der Waals surface area contributed by atoms with Gasteiger partial charge in [-0.25, -0.2) is 0 Å². The number of hydrogen-bond donors (Lipinski definition) is 10. The summed E-state index contributed by atoms with van der Waals surface area (Å²) < 4.78 is 0. The molecular weight excluding hydrogens is 644 g/mol. The van der Waals surface area contributed by atoms with Crippen molar-refractivity contribution in [2.45, 2.75) is 63.3 Å². The molecular formula is C31H42N8O10. The van der Waals surface area contributed by atoms with Crippen molar-refractivity contribution in [1.29, 1.82) is 0 Å². The van der Waals surface area contributed by atoms with Crippen LogP contribution in [-0.2, 0) is 44.8 Å². The van der Waals surface area contributed by atoms with Gasteiger partial charge < -0.3 is 54.0 Å². The minimum absolute atomic E-state index is 0.150. The Labute approximate surface area is 280 Å². The summed E-state index contributed by atoms with van der Waals surface area (Å²) in [4.78, 5) is 99.1. The van der Waals surface area contributed by atoms with Crippen LogP contribution in [0.1, 0.15) is 32.3 Å². The molecule has 0 heterocycles. The number of hydrogen-bond acceptors (Lipinski definition) is 10. The number of carbonyl (C=O) groups is 8. The first kappa shape index (κ1) is 39.6. The van der Waals surface area contributed by atoms with E-state index < -0.39 is 109 Å². The fraction of sp³-hybridized carbons (Fsp3) is 0.419. The van der Waals surface area contributed by atoms with E-state index in [0.29, 0.717) is 5.56 Å². The molecule has 2 aromatic rings. The predicted octanol–water partition coefficient (Wildman–Crippen LogP) is -3.75. The molecule has 18 heteroatoms. The van der Waals surface area contributed by atoms with Crippen LogP contribution in [0, 0.1) is 5.92 Å². The number of aliphatic hydroxyl groups excluding tert-OH is 1. The largest absolute Gasteiger partial charge is 0.481 e. The first-order chi connectivity index (χ1) is 23.0. The van der Waals surface area contributed by atoms with Crippen LogP contribution in [0.5, 0.6) is 0 Å². The predicted molar refractivity (Wildman–Crippen MR) is 174 cm³/mol. The zero-order valence-electron chi connectivity index (χ0n) is 26.9. The van der Waals surface area contributed by atoms with Crippen molar-refractivity contribution in [3.63, 3.8) is 0 Å². The van der Waals surface area contributed by atoms with E-state index in [-0.39, 0.29) is 6.42 Å². The second-order valence-corrected chi connectivity index (χ2v) is 11.5. The van der Waals surface area contributed by atoms with E-state index in [2.05, 4.69) is 26.6 Å². The number of carboxylic acid groups (broad SMARTS) is 1. The highest BCUT2D eigenvalue weighted by Crippen LogP contribution is 2.17. The van der Waals surface area contributed by atoms with Gasteiger partial charge in [0.1, 0.15) is 24.2 Å². The Balaban J connectivity index is 2.29. The summed E-state index contributed by atoms with van der Waals surface area (Å²) in [5.74, 6) is -8.58. The Kier molecular flexibility index (Phi) is 15.1. The molecule has 18 nitrogen and oxygen atoms in total. The normalized spacial score (nSPS) is 14.0. The number of carboxylic acids is 1. The number of aliphatic hydroxyl groups is 1. The van der Waals surface area contributed by atoms with E-state index in [1.807, 2.05) is 18.2 Å². The standard InChI is InChI=1S/C31H42N8O10/c1-15(2)26(31(49)35-13-24(34)42)39-30(48)22(14-40)38-29(47)21(12-23(33)41)37-28(46)20(36-27(45)19(32)11-25(43)44)10-16-7-8-17-5-3-4-6-18(17)9-16/h3-9,15,19-22,26,40H,10-14,32H2,1-2H3,(H2,33,41)(H2,34,42)(H,35,49)(H,36,45)(H,37,46)(H,38,47)(H,39,48)(H,43,44). The lowest BCUT2D eigenvalue weighted by Gasteiger charge is -2.26. The Bertz CT molecular complexity index is 1570. The van der Waals surface area contributed by atoms with Gasteiger partial charge >= 0.3 is 5.97 Å². The van der Waals surface area contributed by atoms with Crippen LogP contribution in [0.15, 0.2) is 42.5 Å². The van der Waals surface area contributed by atoms with Crippen molar-refractivity contribution in [2.24, 2.45) is 23.1 Å². The third kappa shape index (κ3) is 12.8. The number of carbonyl (C=O) groups excluding carboxylic acids is 7. The summed E-state index contributed by atoms with van der Waals surface area (Å²) >= 11 is 0. The van der Waals surface area contributed by atoms with Gasteiger partial charge in [-0.2, -0.15) is 0 Å². The quantitative estimate of drug-likeness (QED) is 0.0684. The van der Waals surface area contributed by atoms with E-state index in [1.54, 1.807) is 38.1 Å². The number of nitrogens with two attached hydrogens (primary N) is 3. The van der Waals surface area contributed by atoms with Crippen molar-refractivity contribution in [1.82, 2.24) is 26.6 Å². The van der Waals surface area contributed by atoms with Gasteiger partial charge in [-0.1, -0.05) is 56.3 Å². The Morgan fingerprint density at radius 2 is 1.27 bits per heavy atom. The van der Waals surface area contributed by atoms with Crippen molar-refractivity contribution >= 4 is 58.1 Å². The van der Waals surface area contributed by atoms with E-state index in [1.165, 1.54) is 0 Å². The lowest BCUT2D eigenvalue weighted by atomic mass is 10.00. The molecule has 7 amide bonds. The average molecular weight is 687 g/mol. The molecule has 0 bridgehead atoms. The van der Waals surface area contributed by atoms with Crippen LogP contribution >= 0.6 is 0 Å². The molecule has 49 heavy (non-hydrogen) atoms. The molecule has 5 unspecified atom stereocenters. The summed E-state index contributed by atoms with van der Waals surface area (Å²) in [5, 5.41) is 32.2. The molecule has 13 N–H and O–H groups in total. The van der Waals surface area contributed by atoms with E-state index in [0.717, 1.165) is 10.8 Å². The highest BCUT2D eigenvalue weighted by Gasteiger charge is 2.33. The number of rotatable bonds is 19. The van der Waals surface area contributed by atoms with Gasteiger partial charge in [-0.3, -0.25) is 38.4 Å². The van der Waals surface area contributed by atoms with Crippen molar-refractivity contribution in [2.75, 3.05) is 13.2 Å². The minimum Gasteiger partial charge on any atom is -0.481 e. The van der Waals surface area contributed by atoms with E-state index in [9.17, 15) is 43.5 Å². The number of amides is 7. The maximum Gasteiger partial charge on any atom is 0.305 e. The lowest BCUT2D eigenvalue weighted by molar-refractivity contribution is -0.140. The first-order valence-electron chi connectivity index (χ1n) is 15.1. The van der Waals surface area contributed by atoms with Gasteiger partial charge in [0, 0.05) is 6.42 Å². The summed E-state index contributed by atoms with van der Waals surface area (Å²) in [6.45, 7) is 1.70. The Hall–Kier alpha value is -5.62. The lowest BCUT2D eigenvalue weighted by Crippen LogP contribution is -2.61. The van der Waals surface area contributed by atoms with E-state index >= 15 is 0 Å². The van der Waals surface area contributed by atoms with Crippen LogP contribution in [0.4, 0.5) is 0 Å². The molecule has 0 radical (unpaired) electrons. The average Bonchev–Trinajstić information content (AvgIpc) is 3.03. The zero-order valence-corrected chi connectivity index (χ0v) is 26.9. The summed E-state index contributed by atoms with van der Waals surface area (Å²) in [5.41, 5.74) is 16.6. The topological polar surface area (TPSA) is 315 Å².